The summed E-state index contributed by atoms with van der Waals surface area (Å²) in [7, 11) is 0. The minimum atomic E-state index is -0.571. The van der Waals surface area contributed by atoms with Gasteiger partial charge in [0.1, 0.15) is 11.6 Å². The summed E-state index contributed by atoms with van der Waals surface area (Å²) in [6.07, 6.45) is 0.677. The lowest BCUT2D eigenvalue weighted by Crippen LogP contribution is -2.53. The van der Waals surface area contributed by atoms with Crippen molar-refractivity contribution < 1.29 is 13.6 Å². The Morgan fingerprint density at radius 1 is 1.17 bits per heavy atom. The van der Waals surface area contributed by atoms with Crippen molar-refractivity contribution in [2.75, 3.05) is 26.2 Å². The Kier molecular flexibility index (Phi) is 6.29. The maximum Gasteiger partial charge on any atom is 0.239 e. The molecule has 0 saturated carbocycles. The highest BCUT2D eigenvalue weighted by atomic mass is 19.1. The smallest absolute Gasteiger partial charge is 0.239 e. The number of carbonyl (C=O) groups is 1. The van der Waals surface area contributed by atoms with Gasteiger partial charge in [-0.1, -0.05) is 19.9 Å². The van der Waals surface area contributed by atoms with E-state index in [-0.39, 0.29) is 11.9 Å². The van der Waals surface area contributed by atoms with E-state index in [1.165, 1.54) is 12.1 Å². The molecule has 0 bridgehead atoms. The van der Waals surface area contributed by atoms with Crippen LogP contribution in [0.5, 0.6) is 0 Å². The van der Waals surface area contributed by atoms with E-state index in [2.05, 4.69) is 4.90 Å². The molecule has 1 aromatic carbocycles. The van der Waals surface area contributed by atoms with E-state index >= 15 is 0 Å². The van der Waals surface area contributed by atoms with Gasteiger partial charge in [-0.05, 0) is 25.3 Å². The molecule has 4 nitrogen and oxygen atoms in total. The van der Waals surface area contributed by atoms with Crippen molar-refractivity contribution in [1.82, 2.24) is 9.80 Å². The second kappa shape index (κ2) is 8.03. The standard InChI is InChI=1S/C18H27F2N3O/c1-12(2)10-17(21)18(24)23-8-6-22(7-9-23)13(3)15-5-4-14(19)11-16(15)20/h4-5,11-13,17H,6-10,21H2,1-3H3/t13?,17-/m0/s1. The van der Waals surface area contributed by atoms with Crippen molar-refractivity contribution >= 4 is 5.91 Å². The lowest BCUT2D eigenvalue weighted by molar-refractivity contribution is -0.135. The Labute approximate surface area is 142 Å². The maximum absolute atomic E-state index is 13.9. The Morgan fingerprint density at radius 2 is 1.79 bits per heavy atom. The van der Waals surface area contributed by atoms with E-state index in [4.69, 9.17) is 5.73 Å². The normalized spacial score (nSPS) is 18.7. The fourth-order valence-corrected chi connectivity index (χ4v) is 3.21. The minimum absolute atomic E-state index is 0.0102. The zero-order chi connectivity index (χ0) is 17.9. The molecule has 1 fully saturated rings. The van der Waals surface area contributed by atoms with Crippen molar-refractivity contribution in [3.05, 3.63) is 35.4 Å². The zero-order valence-corrected chi connectivity index (χ0v) is 14.6. The zero-order valence-electron chi connectivity index (χ0n) is 14.6. The van der Waals surface area contributed by atoms with Gasteiger partial charge < -0.3 is 10.6 Å². The lowest BCUT2D eigenvalue weighted by Gasteiger charge is -2.39. The highest BCUT2D eigenvalue weighted by Crippen LogP contribution is 2.24. The monoisotopic (exact) mass is 339 g/mol. The topological polar surface area (TPSA) is 49.6 Å². The average Bonchev–Trinajstić information content (AvgIpc) is 2.53. The van der Waals surface area contributed by atoms with Crippen LogP contribution in [0.4, 0.5) is 8.78 Å². The van der Waals surface area contributed by atoms with E-state index < -0.39 is 17.7 Å². The molecule has 2 atom stereocenters. The van der Waals surface area contributed by atoms with Crippen LogP contribution in [0.15, 0.2) is 18.2 Å². The SMILES string of the molecule is CC(C)C[C@H](N)C(=O)N1CCN(C(C)c2ccc(F)cc2F)CC1. The van der Waals surface area contributed by atoms with E-state index in [0.29, 0.717) is 44.1 Å². The van der Waals surface area contributed by atoms with Crippen LogP contribution >= 0.6 is 0 Å². The van der Waals surface area contributed by atoms with E-state index in [1.807, 2.05) is 20.8 Å². The third kappa shape index (κ3) is 4.51. The average molecular weight is 339 g/mol. The summed E-state index contributed by atoms with van der Waals surface area (Å²) in [6, 6.07) is 3.07. The Bertz CT molecular complexity index is 571. The molecule has 1 aliphatic rings. The quantitative estimate of drug-likeness (QED) is 0.897. The number of benzene rings is 1. The molecule has 2 rings (SSSR count). The van der Waals surface area contributed by atoms with Crippen LogP contribution in [-0.2, 0) is 4.79 Å². The van der Waals surface area contributed by atoms with Crippen molar-refractivity contribution in [2.45, 2.75) is 39.3 Å². The molecule has 134 valence electrons. The van der Waals surface area contributed by atoms with Crippen LogP contribution in [0.2, 0.25) is 0 Å². The van der Waals surface area contributed by atoms with Gasteiger partial charge in [-0.15, -0.1) is 0 Å². The summed E-state index contributed by atoms with van der Waals surface area (Å²) < 4.78 is 27.0. The number of nitrogens with two attached hydrogens (primary N) is 1. The molecular formula is C18H27F2N3O. The van der Waals surface area contributed by atoms with Gasteiger partial charge in [0.2, 0.25) is 5.91 Å². The van der Waals surface area contributed by atoms with Crippen LogP contribution < -0.4 is 5.73 Å². The third-order valence-corrected chi connectivity index (χ3v) is 4.63. The highest BCUT2D eigenvalue weighted by molar-refractivity contribution is 5.81. The molecule has 1 amide bonds. The van der Waals surface area contributed by atoms with Crippen LogP contribution in [0.25, 0.3) is 0 Å². The molecule has 0 spiro atoms. The highest BCUT2D eigenvalue weighted by Gasteiger charge is 2.28. The summed E-state index contributed by atoms with van der Waals surface area (Å²) in [5, 5.41) is 0. The molecule has 0 radical (unpaired) electrons. The van der Waals surface area contributed by atoms with Gasteiger partial charge in [-0.3, -0.25) is 9.69 Å². The molecule has 0 aliphatic carbocycles. The molecule has 1 aliphatic heterocycles. The Balaban J connectivity index is 1.93. The van der Waals surface area contributed by atoms with Crippen LogP contribution in [0, 0.1) is 17.6 Å². The van der Waals surface area contributed by atoms with Crippen molar-refractivity contribution in [3.8, 4) is 0 Å². The molecule has 24 heavy (non-hydrogen) atoms. The Morgan fingerprint density at radius 3 is 2.33 bits per heavy atom. The summed E-state index contributed by atoms with van der Waals surface area (Å²) in [4.78, 5) is 16.2. The van der Waals surface area contributed by atoms with Crippen LogP contribution in [0.1, 0.15) is 38.8 Å². The van der Waals surface area contributed by atoms with Gasteiger partial charge in [0.05, 0.1) is 6.04 Å². The first-order chi connectivity index (χ1) is 11.3. The molecule has 1 aromatic rings. The van der Waals surface area contributed by atoms with Gasteiger partial charge in [-0.25, -0.2) is 8.78 Å². The van der Waals surface area contributed by atoms with E-state index in [9.17, 15) is 13.6 Å². The van der Waals surface area contributed by atoms with E-state index in [1.54, 1.807) is 4.90 Å². The first-order valence-corrected chi connectivity index (χ1v) is 8.53. The number of rotatable bonds is 5. The van der Waals surface area contributed by atoms with Crippen LogP contribution in [-0.4, -0.2) is 47.9 Å². The van der Waals surface area contributed by atoms with Crippen molar-refractivity contribution in [3.63, 3.8) is 0 Å². The number of hydrogen-bond acceptors (Lipinski definition) is 3. The van der Waals surface area contributed by atoms with Gasteiger partial charge in [0, 0.05) is 43.9 Å². The van der Waals surface area contributed by atoms with E-state index in [0.717, 1.165) is 6.07 Å². The predicted octanol–water partition coefficient (Wildman–Crippen LogP) is 2.54. The second-order valence-electron chi connectivity index (χ2n) is 6.94. The maximum atomic E-state index is 13.9. The number of carbonyl (C=O) groups excluding carboxylic acids is 1. The second-order valence-corrected chi connectivity index (χ2v) is 6.94. The largest absolute Gasteiger partial charge is 0.339 e. The number of piperazine rings is 1. The number of hydrogen-bond donors (Lipinski definition) is 1. The van der Waals surface area contributed by atoms with Gasteiger partial charge >= 0.3 is 0 Å². The molecule has 0 aromatic heterocycles. The predicted molar refractivity (Wildman–Crippen MR) is 90.4 cm³/mol. The summed E-state index contributed by atoms with van der Waals surface area (Å²) in [5.41, 5.74) is 6.46. The minimum Gasteiger partial charge on any atom is -0.339 e. The lowest BCUT2D eigenvalue weighted by atomic mass is 10.0. The van der Waals surface area contributed by atoms with Crippen molar-refractivity contribution in [1.29, 1.82) is 0 Å². The van der Waals surface area contributed by atoms with Crippen LogP contribution in [0.3, 0.4) is 0 Å². The molecule has 6 heteroatoms. The molecule has 1 heterocycles. The number of halogens is 2. The van der Waals surface area contributed by atoms with Gasteiger partial charge in [-0.2, -0.15) is 0 Å². The molecule has 1 saturated heterocycles. The van der Waals surface area contributed by atoms with Crippen molar-refractivity contribution in [2.24, 2.45) is 11.7 Å². The molecule has 1 unspecified atom stereocenters. The summed E-state index contributed by atoms with van der Waals surface area (Å²) in [6.45, 7) is 8.46. The third-order valence-electron chi connectivity index (χ3n) is 4.63. The number of nitrogens with zero attached hydrogens (tertiary/aromatic N) is 2. The molecule has 2 N–H and O–H groups in total. The fraction of sp³-hybridized carbons (Fsp3) is 0.611. The van der Waals surface area contributed by atoms with Gasteiger partial charge in [0.25, 0.3) is 0 Å². The van der Waals surface area contributed by atoms with Gasteiger partial charge in [0.15, 0.2) is 0 Å². The Hall–Kier alpha value is -1.53. The number of amides is 1. The fourth-order valence-electron chi connectivity index (χ4n) is 3.21. The first-order valence-electron chi connectivity index (χ1n) is 8.53. The first kappa shape index (κ1) is 18.8. The summed E-state index contributed by atoms with van der Waals surface area (Å²) >= 11 is 0. The molecular weight excluding hydrogens is 312 g/mol. The summed E-state index contributed by atoms with van der Waals surface area (Å²) in [5.74, 6) is -0.728.